The van der Waals surface area contributed by atoms with Crippen molar-refractivity contribution >= 4 is 11.8 Å². The number of hydrogen-bond acceptors (Lipinski definition) is 4. The van der Waals surface area contributed by atoms with Gasteiger partial charge < -0.3 is 19.1 Å². The molecule has 0 unspecified atom stereocenters. The van der Waals surface area contributed by atoms with E-state index in [1.54, 1.807) is 30.3 Å². The normalized spacial score (nSPS) is 14.9. The fraction of sp³-hybridized carbons (Fsp3) is 0.421. The maximum absolute atomic E-state index is 12.8. The van der Waals surface area contributed by atoms with E-state index in [2.05, 4.69) is 4.98 Å². The fourth-order valence-electron chi connectivity index (χ4n) is 3.15. The van der Waals surface area contributed by atoms with Crippen LogP contribution in [0.3, 0.4) is 0 Å². The van der Waals surface area contributed by atoms with Gasteiger partial charge in [-0.2, -0.15) is 0 Å². The molecule has 2 aromatic heterocycles. The van der Waals surface area contributed by atoms with Crippen LogP contribution in [0.25, 0.3) is 0 Å². The molecule has 0 atom stereocenters. The highest BCUT2D eigenvalue weighted by molar-refractivity contribution is 5.96. The van der Waals surface area contributed by atoms with Gasteiger partial charge in [0, 0.05) is 57.4 Å². The Labute approximate surface area is 153 Å². The molecule has 0 spiro atoms. The van der Waals surface area contributed by atoms with Crippen molar-refractivity contribution in [3.63, 3.8) is 0 Å². The maximum Gasteiger partial charge on any atom is 0.272 e. The summed E-state index contributed by atoms with van der Waals surface area (Å²) in [5, 5.41) is 0. The molecule has 3 heterocycles. The first-order valence-electron chi connectivity index (χ1n) is 8.71. The molecule has 1 aliphatic heterocycles. The van der Waals surface area contributed by atoms with Crippen molar-refractivity contribution in [2.24, 2.45) is 7.05 Å². The number of amides is 2. The highest BCUT2D eigenvalue weighted by Gasteiger charge is 2.25. The van der Waals surface area contributed by atoms with Crippen LogP contribution in [-0.4, -0.2) is 64.5 Å². The van der Waals surface area contributed by atoms with E-state index in [0.717, 1.165) is 17.7 Å². The third-order valence-corrected chi connectivity index (χ3v) is 4.87. The summed E-state index contributed by atoms with van der Waals surface area (Å²) < 4.78 is 7.10. The van der Waals surface area contributed by atoms with Gasteiger partial charge in [-0.15, -0.1) is 0 Å². The lowest BCUT2D eigenvalue weighted by molar-refractivity contribution is 0.0715. The first-order valence-corrected chi connectivity index (χ1v) is 8.71. The fourth-order valence-corrected chi connectivity index (χ4v) is 3.15. The Morgan fingerprint density at radius 1 is 1.08 bits per heavy atom. The zero-order chi connectivity index (χ0) is 18.7. The number of pyridine rings is 1. The molecule has 7 heteroatoms. The first-order chi connectivity index (χ1) is 12.5. The van der Waals surface area contributed by atoms with Crippen molar-refractivity contribution in [1.82, 2.24) is 19.4 Å². The third kappa shape index (κ3) is 3.56. The monoisotopic (exact) mass is 356 g/mol. The van der Waals surface area contributed by atoms with Gasteiger partial charge in [-0.1, -0.05) is 0 Å². The number of carbonyl (C=O) groups is 2. The molecule has 2 amide bonds. The lowest BCUT2D eigenvalue weighted by Gasteiger charge is -2.22. The summed E-state index contributed by atoms with van der Waals surface area (Å²) >= 11 is 0. The molecular formula is C19H24N4O3. The van der Waals surface area contributed by atoms with Gasteiger partial charge in [0.2, 0.25) is 0 Å². The van der Waals surface area contributed by atoms with E-state index in [1.807, 2.05) is 35.7 Å². The van der Waals surface area contributed by atoms with E-state index in [9.17, 15) is 9.59 Å². The molecule has 0 radical (unpaired) electrons. The average molecular weight is 356 g/mol. The number of methoxy groups -OCH3 is 1. The first kappa shape index (κ1) is 18.0. The van der Waals surface area contributed by atoms with Crippen molar-refractivity contribution < 1.29 is 14.3 Å². The summed E-state index contributed by atoms with van der Waals surface area (Å²) in [5.41, 5.74) is 2.04. The van der Waals surface area contributed by atoms with Gasteiger partial charge in [-0.25, -0.2) is 0 Å². The van der Waals surface area contributed by atoms with E-state index >= 15 is 0 Å². The van der Waals surface area contributed by atoms with Crippen molar-refractivity contribution in [2.75, 3.05) is 33.3 Å². The second-order valence-corrected chi connectivity index (χ2v) is 6.44. The second-order valence-electron chi connectivity index (χ2n) is 6.44. The summed E-state index contributed by atoms with van der Waals surface area (Å²) in [5.74, 6) is 0.500. The number of aromatic nitrogens is 2. The number of hydrogen-bond donors (Lipinski definition) is 0. The van der Waals surface area contributed by atoms with Crippen LogP contribution in [0, 0.1) is 6.92 Å². The molecule has 138 valence electrons. The van der Waals surface area contributed by atoms with E-state index < -0.39 is 0 Å². The van der Waals surface area contributed by atoms with Crippen LogP contribution in [0.2, 0.25) is 0 Å². The molecule has 0 saturated carbocycles. The predicted octanol–water partition coefficient (Wildman–Crippen LogP) is 1.73. The molecule has 26 heavy (non-hydrogen) atoms. The number of aryl methyl sites for hydroxylation is 1. The van der Waals surface area contributed by atoms with Gasteiger partial charge in [0.15, 0.2) is 0 Å². The Hall–Kier alpha value is -2.83. The number of nitrogens with zero attached hydrogens (tertiary/aromatic N) is 4. The lowest BCUT2D eigenvalue weighted by atomic mass is 10.2. The molecule has 7 nitrogen and oxygen atoms in total. The van der Waals surface area contributed by atoms with Crippen molar-refractivity contribution in [2.45, 2.75) is 13.3 Å². The number of ether oxygens (including phenoxy) is 1. The topological polar surface area (TPSA) is 67.7 Å². The van der Waals surface area contributed by atoms with Crippen LogP contribution in [0.4, 0.5) is 0 Å². The van der Waals surface area contributed by atoms with Gasteiger partial charge in [0.05, 0.1) is 12.7 Å². The summed E-state index contributed by atoms with van der Waals surface area (Å²) in [7, 11) is 3.49. The van der Waals surface area contributed by atoms with Crippen LogP contribution < -0.4 is 4.74 Å². The van der Waals surface area contributed by atoms with E-state index in [1.165, 1.54) is 0 Å². The van der Waals surface area contributed by atoms with Crippen LogP contribution in [-0.2, 0) is 7.05 Å². The average Bonchev–Trinajstić information content (AvgIpc) is 2.87. The second kappa shape index (κ2) is 7.59. The van der Waals surface area contributed by atoms with E-state index in [-0.39, 0.29) is 11.8 Å². The molecule has 0 aliphatic carbocycles. The maximum atomic E-state index is 12.8. The van der Waals surface area contributed by atoms with E-state index in [4.69, 9.17) is 4.74 Å². The minimum atomic E-state index is -0.130. The number of rotatable bonds is 3. The zero-order valence-corrected chi connectivity index (χ0v) is 15.4. The van der Waals surface area contributed by atoms with Crippen molar-refractivity contribution in [1.29, 1.82) is 0 Å². The predicted molar refractivity (Wildman–Crippen MR) is 97.4 cm³/mol. The molecule has 2 aromatic rings. The highest BCUT2D eigenvalue weighted by Crippen LogP contribution is 2.16. The lowest BCUT2D eigenvalue weighted by Crippen LogP contribution is -2.37. The van der Waals surface area contributed by atoms with E-state index in [0.29, 0.717) is 37.6 Å². The molecule has 1 saturated heterocycles. The molecule has 0 aromatic carbocycles. The summed E-state index contributed by atoms with van der Waals surface area (Å²) in [6.45, 7) is 4.20. The van der Waals surface area contributed by atoms with Gasteiger partial charge in [0.1, 0.15) is 11.4 Å². The SMILES string of the molecule is COc1ccnc(C(=O)N2CCCN(C(=O)c3ccn(C)c3C)CC2)c1. The Kier molecular flexibility index (Phi) is 5.25. The quantitative estimate of drug-likeness (QED) is 0.840. The molecule has 0 N–H and O–H groups in total. The molecular weight excluding hydrogens is 332 g/mol. The summed E-state index contributed by atoms with van der Waals surface area (Å²) in [4.78, 5) is 33.3. The minimum absolute atomic E-state index is 0.0249. The standard InChI is InChI=1S/C19H24N4O3/c1-14-16(6-10-21(14)2)18(24)22-8-4-9-23(12-11-22)19(25)17-13-15(26-3)5-7-20-17/h5-7,10,13H,4,8-9,11-12H2,1-3H3. The van der Waals surface area contributed by atoms with Gasteiger partial charge in [-0.3, -0.25) is 14.6 Å². The minimum Gasteiger partial charge on any atom is -0.497 e. The van der Waals surface area contributed by atoms with Crippen molar-refractivity contribution in [3.8, 4) is 5.75 Å². The van der Waals surface area contributed by atoms with Crippen molar-refractivity contribution in [3.05, 3.63) is 47.5 Å². The Morgan fingerprint density at radius 2 is 1.77 bits per heavy atom. The van der Waals surface area contributed by atoms with Crippen LogP contribution >= 0.6 is 0 Å². The summed E-state index contributed by atoms with van der Waals surface area (Å²) in [6.07, 6.45) is 4.20. The largest absolute Gasteiger partial charge is 0.497 e. The molecule has 1 aliphatic rings. The molecule has 3 rings (SSSR count). The third-order valence-electron chi connectivity index (χ3n) is 4.87. The smallest absolute Gasteiger partial charge is 0.272 e. The Bertz CT molecular complexity index is 815. The highest BCUT2D eigenvalue weighted by atomic mass is 16.5. The van der Waals surface area contributed by atoms with Gasteiger partial charge in [0.25, 0.3) is 11.8 Å². The summed E-state index contributed by atoms with van der Waals surface area (Å²) in [6, 6.07) is 5.21. The van der Waals surface area contributed by atoms with Gasteiger partial charge in [-0.05, 0) is 25.5 Å². The van der Waals surface area contributed by atoms with Crippen LogP contribution in [0.5, 0.6) is 5.75 Å². The Balaban J connectivity index is 1.69. The van der Waals surface area contributed by atoms with Crippen LogP contribution in [0.15, 0.2) is 30.6 Å². The van der Waals surface area contributed by atoms with Gasteiger partial charge >= 0.3 is 0 Å². The molecule has 1 fully saturated rings. The molecule has 0 bridgehead atoms. The Morgan fingerprint density at radius 3 is 2.38 bits per heavy atom. The van der Waals surface area contributed by atoms with Crippen LogP contribution in [0.1, 0.15) is 33.0 Å². The zero-order valence-electron chi connectivity index (χ0n) is 15.4. The number of carbonyl (C=O) groups excluding carboxylic acids is 2.